The molecular weight excluding hydrogens is 332 g/mol. The fourth-order valence-corrected chi connectivity index (χ4v) is 3.09. The van der Waals surface area contributed by atoms with Crippen LogP contribution in [0.4, 0.5) is 16.2 Å². The summed E-state index contributed by atoms with van der Waals surface area (Å²) in [4.78, 5) is 28.1. The lowest BCUT2D eigenvalue weighted by Gasteiger charge is -2.34. The Morgan fingerprint density at radius 1 is 1.27 bits per heavy atom. The van der Waals surface area contributed by atoms with Gasteiger partial charge in [-0.15, -0.1) is 0 Å². The number of benzene rings is 1. The van der Waals surface area contributed by atoms with E-state index in [9.17, 15) is 9.59 Å². The minimum absolute atomic E-state index is 0.00571. The number of methoxy groups -OCH3 is 1. The van der Waals surface area contributed by atoms with E-state index < -0.39 is 0 Å². The number of nitrogens with one attached hydrogen (secondary N) is 2. The summed E-state index contributed by atoms with van der Waals surface area (Å²) in [7, 11) is 3.27. The van der Waals surface area contributed by atoms with Crippen LogP contribution >= 0.6 is 0 Å². The summed E-state index contributed by atoms with van der Waals surface area (Å²) in [6, 6.07) is 7.51. The number of ether oxygens (including phenoxy) is 1. The predicted molar refractivity (Wildman–Crippen MR) is 103 cm³/mol. The molecule has 144 valence electrons. The van der Waals surface area contributed by atoms with Crippen LogP contribution in [-0.2, 0) is 9.53 Å². The van der Waals surface area contributed by atoms with Crippen molar-refractivity contribution in [3.63, 3.8) is 0 Å². The second-order valence-corrected chi connectivity index (χ2v) is 6.79. The first-order valence-electron chi connectivity index (χ1n) is 9.14. The third-order valence-electron chi connectivity index (χ3n) is 4.68. The van der Waals surface area contributed by atoms with Gasteiger partial charge in [0.25, 0.3) is 0 Å². The molecule has 2 N–H and O–H groups in total. The zero-order valence-corrected chi connectivity index (χ0v) is 16.0. The average molecular weight is 362 g/mol. The van der Waals surface area contributed by atoms with E-state index in [4.69, 9.17) is 4.74 Å². The molecule has 3 amide bonds. The van der Waals surface area contributed by atoms with Gasteiger partial charge >= 0.3 is 6.03 Å². The van der Waals surface area contributed by atoms with Crippen LogP contribution in [0, 0.1) is 0 Å². The van der Waals surface area contributed by atoms with Crippen LogP contribution in [0.15, 0.2) is 24.3 Å². The average Bonchev–Trinajstić information content (AvgIpc) is 2.61. The number of carbonyl (C=O) groups is 2. The molecule has 2 rings (SSSR count). The van der Waals surface area contributed by atoms with E-state index in [1.54, 1.807) is 36.2 Å². The summed E-state index contributed by atoms with van der Waals surface area (Å²) in [5, 5.41) is 5.60. The van der Waals surface area contributed by atoms with E-state index >= 15 is 0 Å². The zero-order chi connectivity index (χ0) is 18.9. The van der Waals surface area contributed by atoms with Gasteiger partial charge in [-0.25, -0.2) is 4.79 Å². The monoisotopic (exact) mass is 362 g/mol. The maximum atomic E-state index is 12.4. The van der Waals surface area contributed by atoms with Crippen LogP contribution in [0.1, 0.15) is 26.2 Å². The van der Waals surface area contributed by atoms with Crippen LogP contribution in [0.3, 0.4) is 0 Å². The number of urea groups is 1. The molecule has 1 aromatic rings. The largest absolute Gasteiger partial charge is 0.375 e. The SMILES string of the molecule is COCC(=O)Nc1cccc(NC(=O)N(C)CCN2CCCC[C@@H]2C)c1. The van der Waals surface area contributed by atoms with Gasteiger partial charge in [-0.3, -0.25) is 9.69 Å². The molecule has 1 saturated heterocycles. The van der Waals surface area contributed by atoms with Crippen molar-refractivity contribution >= 4 is 23.3 Å². The van der Waals surface area contributed by atoms with Gasteiger partial charge < -0.3 is 20.3 Å². The Labute approximate surface area is 155 Å². The van der Waals surface area contributed by atoms with Gasteiger partial charge in [0.2, 0.25) is 5.91 Å². The molecule has 0 bridgehead atoms. The van der Waals surface area contributed by atoms with Crippen molar-refractivity contribution in [1.29, 1.82) is 0 Å². The Hall–Kier alpha value is -2.12. The predicted octanol–water partition coefficient (Wildman–Crippen LogP) is 2.61. The lowest BCUT2D eigenvalue weighted by atomic mass is 10.0. The van der Waals surface area contributed by atoms with E-state index in [0.29, 0.717) is 24.0 Å². The number of piperidine rings is 1. The zero-order valence-electron chi connectivity index (χ0n) is 16.0. The number of likely N-dealkylation sites (tertiary alicyclic amines) is 1. The van der Waals surface area contributed by atoms with Crippen molar-refractivity contribution in [2.24, 2.45) is 0 Å². The summed E-state index contributed by atoms with van der Waals surface area (Å²) in [5.41, 5.74) is 1.26. The lowest BCUT2D eigenvalue weighted by molar-refractivity contribution is -0.119. The van der Waals surface area contributed by atoms with Crippen molar-refractivity contribution in [1.82, 2.24) is 9.80 Å². The van der Waals surface area contributed by atoms with Gasteiger partial charge in [0, 0.05) is 44.7 Å². The minimum Gasteiger partial charge on any atom is -0.375 e. The van der Waals surface area contributed by atoms with Crippen LogP contribution in [0.2, 0.25) is 0 Å². The van der Waals surface area contributed by atoms with Crippen molar-refractivity contribution in [3.05, 3.63) is 24.3 Å². The number of amides is 3. The highest BCUT2D eigenvalue weighted by Crippen LogP contribution is 2.17. The molecule has 0 aromatic heterocycles. The fraction of sp³-hybridized carbons (Fsp3) is 0.579. The van der Waals surface area contributed by atoms with Crippen LogP contribution < -0.4 is 10.6 Å². The van der Waals surface area contributed by atoms with E-state index in [1.165, 1.54) is 26.4 Å². The lowest BCUT2D eigenvalue weighted by Crippen LogP contribution is -2.43. The minimum atomic E-state index is -0.233. The topological polar surface area (TPSA) is 73.9 Å². The molecule has 1 heterocycles. The van der Waals surface area contributed by atoms with Gasteiger partial charge in [0.15, 0.2) is 0 Å². The third-order valence-corrected chi connectivity index (χ3v) is 4.68. The molecule has 1 aliphatic heterocycles. The molecule has 1 fully saturated rings. The normalized spacial score (nSPS) is 17.6. The van der Waals surface area contributed by atoms with Gasteiger partial charge in [-0.1, -0.05) is 12.5 Å². The Kier molecular flexibility index (Phi) is 7.87. The summed E-state index contributed by atoms with van der Waals surface area (Å²) in [6.45, 7) is 4.93. The molecule has 1 atom stereocenters. The Bertz CT molecular complexity index is 608. The highest BCUT2D eigenvalue weighted by molar-refractivity contribution is 5.94. The summed E-state index contributed by atoms with van der Waals surface area (Å²) >= 11 is 0. The van der Waals surface area contributed by atoms with Crippen molar-refractivity contribution in [2.45, 2.75) is 32.2 Å². The van der Waals surface area contributed by atoms with Crippen molar-refractivity contribution in [3.8, 4) is 0 Å². The number of carbonyl (C=O) groups excluding carboxylic acids is 2. The van der Waals surface area contributed by atoms with E-state index in [2.05, 4.69) is 22.5 Å². The molecule has 0 saturated carbocycles. The van der Waals surface area contributed by atoms with E-state index in [-0.39, 0.29) is 18.5 Å². The summed E-state index contributed by atoms with van der Waals surface area (Å²) in [6.07, 6.45) is 3.77. The number of hydrogen-bond acceptors (Lipinski definition) is 4. The Balaban J connectivity index is 1.83. The number of hydrogen-bond donors (Lipinski definition) is 2. The first-order valence-corrected chi connectivity index (χ1v) is 9.14. The van der Waals surface area contributed by atoms with Crippen LogP contribution in [0.5, 0.6) is 0 Å². The van der Waals surface area contributed by atoms with Crippen molar-refractivity contribution < 1.29 is 14.3 Å². The van der Waals surface area contributed by atoms with Gasteiger partial charge in [-0.2, -0.15) is 0 Å². The van der Waals surface area contributed by atoms with Gasteiger partial charge in [-0.05, 0) is 44.5 Å². The molecule has 1 aliphatic rings. The Morgan fingerprint density at radius 2 is 2.00 bits per heavy atom. The van der Waals surface area contributed by atoms with Crippen molar-refractivity contribution in [2.75, 3.05) is 51.0 Å². The third kappa shape index (κ3) is 6.31. The summed E-state index contributed by atoms with van der Waals surface area (Å²) in [5.74, 6) is -0.233. The smallest absolute Gasteiger partial charge is 0.321 e. The molecule has 26 heavy (non-hydrogen) atoms. The number of rotatable bonds is 7. The second-order valence-electron chi connectivity index (χ2n) is 6.79. The van der Waals surface area contributed by atoms with E-state index in [0.717, 1.165) is 13.1 Å². The Morgan fingerprint density at radius 3 is 2.69 bits per heavy atom. The quantitative estimate of drug-likeness (QED) is 0.782. The summed E-state index contributed by atoms with van der Waals surface area (Å²) < 4.78 is 4.79. The first-order chi connectivity index (χ1) is 12.5. The highest BCUT2D eigenvalue weighted by Gasteiger charge is 2.19. The maximum Gasteiger partial charge on any atom is 0.321 e. The van der Waals surface area contributed by atoms with Gasteiger partial charge in [0.05, 0.1) is 0 Å². The van der Waals surface area contributed by atoms with E-state index in [1.807, 2.05) is 0 Å². The molecule has 0 unspecified atom stereocenters. The molecule has 7 nitrogen and oxygen atoms in total. The maximum absolute atomic E-state index is 12.4. The van der Waals surface area contributed by atoms with Crippen LogP contribution in [-0.4, -0.2) is 68.2 Å². The standard InChI is InChI=1S/C19H30N4O3/c1-15-7-4-5-10-23(15)12-11-22(2)19(25)21-17-9-6-8-16(13-17)20-18(24)14-26-3/h6,8-9,13,15H,4-5,7,10-12,14H2,1-3H3,(H,20,24)(H,21,25)/t15-/m0/s1. The highest BCUT2D eigenvalue weighted by atomic mass is 16.5. The molecular formula is C19H30N4O3. The fourth-order valence-electron chi connectivity index (χ4n) is 3.09. The number of likely N-dealkylation sites (N-methyl/N-ethyl adjacent to an activating group) is 1. The molecule has 0 radical (unpaired) electrons. The second kappa shape index (κ2) is 10.1. The molecule has 7 heteroatoms. The number of nitrogens with zero attached hydrogens (tertiary/aromatic N) is 2. The molecule has 0 spiro atoms. The molecule has 0 aliphatic carbocycles. The van der Waals surface area contributed by atoms with Crippen LogP contribution in [0.25, 0.3) is 0 Å². The number of anilines is 2. The van der Waals surface area contributed by atoms with Gasteiger partial charge in [0.1, 0.15) is 6.61 Å². The first kappa shape index (κ1) is 20.2. The molecule has 1 aromatic carbocycles.